The largest absolute Gasteiger partial charge is 0.352 e. The molecule has 0 unspecified atom stereocenters. The van der Waals surface area contributed by atoms with Crippen LogP contribution in [0.3, 0.4) is 0 Å². The zero-order valence-corrected chi connectivity index (χ0v) is 8.60. The van der Waals surface area contributed by atoms with Gasteiger partial charge in [0, 0.05) is 12.6 Å². The van der Waals surface area contributed by atoms with Crippen LogP contribution < -0.4 is 16.4 Å². The number of carbonyl (C=O) groups is 1. The molecular formula is C9H21N3O. The highest BCUT2D eigenvalue weighted by Gasteiger charge is 1.93. The van der Waals surface area contributed by atoms with Crippen molar-refractivity contribution < 1.29 is 4.79 Å². The van der Waals surface area contributed by atoms with Gasteiger partial charge in [0.1, 0.15) is 0 Å². The molecule has 0 radical (unpaired) electrons. The molecule has 4 N–H and O–H groups in total. The van der Waals surface area contributed by atoms with Gasteiger partial charge in [0.2, 0.25) is 0 Å². The summed E-state index contributed by atoms with van der Waals surface area (Å²) in [6, 6.07) is 0.129. The molecule has 4 nitrogen and oxygen atoms in total. The zero-order chi connectivity index (χ0) is 10.1. The molecule has 0 spiro atoms. The first-order chi connectivity index (χ1) is 6.13. The smallest absolute Gasteiger partial charge is 0.312 e. The Kier molecular flexibility index (Phi) is 7.39. The number of amides is 2. The Hall–Kier alpha value is -0.770. The van der Waals surface area contributed by atoms with Crippen LogP contribution in [0.25, 0.3) is 0 Å². The van der Waals surface area contributed by atoms with Crippen molar-refractivity contribution in [3.63, 3.8) is 0 Å². The van der Waals surface area contributed by atoms with E-state index in [2.05, 4.69) is 24.5 Å². The van der Waals surface area contributed by atoms with Crippen molar-refractivity contribution in [1.82, 2.24) is 10.6 Å². The lowest BCUT2D eigenvalue weighted by molar-refractivity contribution is 0.248. The number of carbonyl (C=O) groups excluding carboxylic acids is 1. The van der Waals surface area contributed by atoms with Gasteiger partial charge in [-0.05, 0) is 19.4 Å². The van der Waals surface area contributed by atoms with Crippen molar-refractivity contribution in [2.45, 2.75) is 39.2 Å². The van der Waals surface area contributed by atoms with Crippen molar-refractivity contribution in [3.8, 4) is 0 Å². The van der Waals surface area contributed by atoms with E-state index < -0.39 is 6.03 Å². The minimum atomic E-state index is -0.430. The van der Waals surface area contributed by atoms with Crippen LogP contribution in [-0.4, -0.2) is 25.2 Å². The number of primary amides is 1. The highest BCUT2D eigenvalue weighted by atomic mass is 16.2. The standard InChI is InChI=1S/C9H21N3O/c1-8(2)11-6-4-3-5-7-12-9(10)13/h8,11H,3-7H2,1-2H3,(H3,10,12,13). The van der Waals surface area contributed by atoms with Gasteiger partial charge in [-0.1, -0.05) is 20.3 Å². The molecule has 0 aromatic heterocycles. The van der Waals surface area contributed by atoms with Gasteiger partial charge in [-0.2, -0.15) is 0 Å². The Bertz CT molecular complexity index is 137. The first-order valence-electron chi connectivity index (χ1n) is 4.89. The lowest BCUT2D eigenvalue weighted by atomic mass is 10.2. The van der Waals surface area contributed by atoms with Crippen LogP contribution in [0.15, 0.2) is 0 Å². The van der Waals surface area contributed by atoms with Gasteiger partial charge < -0.3 is 16.4 Å². The predicted molar refractivity (Wildman–Crippen MR) is 54.6 cm³/mol. The number of nitrogens with two attached hydrogens (primary N) is 1. The normalized spacial score (nSPS) is 10.4. The fourth-order valence-electron chi connectivity index (χ4n) is 1.03. The summed E-state index contributed by atoms with van der Waals surface area (Å²) in [6.07, 6.45) is 3.28. The lowest BCUT2D eigenvalue weighted by Crippen LogP contribution is -2.30. The van der Waals surface area contributed by atoms with Crippen molar-refractivity contribution in [1.29, 1.82) is 0 Å². The molecule has 0 heterocycles. The Morgan fingerprint density at radius 2 is 1.85 bits per heavy atom. The molecule has 0 aliphatic rings. The summed E-state index contributed by atoms with van der Waals surface area (Å²) < 4.78 is 0. The minimum absolute atomic E-state index is 0.430. The van der Waals surface area contributed by atoms with E-state index in [1.165, 1.54) is 0 Å². The van der Waals surface area contributed by atoms with E-state index >= 15 is 0 Å². The molecule has 0 saturated carbocycles. The third kappa shape index (κ3) is 11.2. The molecule has 0 aromatic carbocycles. The van der Waals surface area contributed by atoms with Gasteiger partial charge in [0.25, 0.3) is 0 Å². The third-order valence-corrected chi connectivity index (χ3v) is 1.71. The molecular weight excluding hydrogens is 166 g/mol. The maximum Gasteiger partial charge on any atom is 0.312 e. The Morgan fingerprint density at radius 1 is 1.23 bits per heavy atom. The number of hydrogen-bond donors (Lipinski definition) is 3. The number of hydrogen-bond acceptors (Lipinski definition) is 2. The second-order valence-electron chi connectivity index (χ2n) is 3.46. The molecule has 0 aromatic rings. The topological polar surface area (TPSA) is 67.2 Å². The van der Waals surface area contributed by atoms with Gasteiger partial charge >= 0.3 is 6.03 Å². The van der Waals surface area contributed by atoms with Crippen LogP contribution in [0.4, 0.5) is 4.79 Å². The fourth-order valence-corrected chi connectivity index (χ4v) is 1.03. The van der Waals surface area contributed by atoms with Gasteiger partial charge in [-0.15, -0.1) is 0 Å². The van der Waals surface area contributed by atoms with E-state index in [0.717, 1.165) is 25.8 Å². The average molecular weight is 187 g/mol. The first-order valence-corrected chi connectivity index (χ1v) is 4.89. The molecule has 0 atom stereocenters. The first kappa shape index (κ1) is 12.2. The summed E-state index contributed by atoms with van der Waals surface area (Å²) >= 11 is 0. The summed E-state index contributed by atoms with van der Waals surface area (Å²) in [4.78, 5) is 10.3. The number of nitrogens with one attached hydrogen (secondary N) is 2. The van der Waals surface area contributed by atoms with Crippen LogP contribution in [0.5, 0.6) is 0 Å². The second kappa shape index (κ2) is 7.86. The molecule has 0 aliphatic carbocycles. The summed E-state index contributed by atoms with van der Waals surface area (Å²) in [7, 11) is 0. The van der Waals surface area contributed by atoms with E-state index in [-0.39, 0.29) is 0 Å². The highest BCUT2D eigenvalue weighted by molar-refractivity contribution is 5.71. The quantitative estimate of drug-likeness (QED) is 0.517. The molecule has 0 bridgehead atoms. The van der Waals surface area contributed by atoms with Crippen molar-refractivity contribution in [3.05, 3.63) is 0 Å². The van der Waals surface area contributed by atoms with Crippen LogP contribution in [-0.2, 0) is 0 Å². The lowest BCUT2D eigenvalue weighted by Gasteiger charge is -2.07. The predicted octanol–water partition coefficient (Wildman–Crippen LogP) is 0.823. The molecule has 13 heavy (non-hydrogen) atoms. The van der Waals surface area contributed by atoms with Crippen molar-refractivity contribution >= 4 is 6.03 Å². The number of unbranched alkanes of at least 4 members (excludes halogenated alkanes) is 2. The molecule has 0 aliphatic heterocycles. The van der Waals surface area contributed by atoms with Crippen LogP contribution in [0, 0.1) is 0 Å². The summed E-state index contributed by atoms with van der Waals surface area (Å²) in [5.74, 6) is 0. The zero-order valence-electron chi connectivity index (χ0n) is 8.60. The van der Waals surface area contributed by atoms with Gasteiger partial charge in [-0.25, -0.2) is 4.79 Å². The average Bonchev–Trinajstić information content (AvgIpc) is 2.01. The van der Waals surface area contributed by atoms with Gasteiger partial charge in [-0.3, -0.25) is 0 Å². The van der Waals surface area contributed by atoms with E-state index in [1.54, 1.807) is 0 Å². The monoisotopic (exact) mass is 187 g/mol. The van der Waals surface area contributed by atoms with Crippen LogP contribution in [0.1, 0.15) is 33.1 Å². The maximum absolute atomic E-state index is 10.3. The second-order valence-corrected chi connectivity index (χ2v) is 3.46. The number of urea groups is 1. The van der Waals surface area contributed by atoms with E-state index in [4.69, 9.17) is 5.73 Å². The van der Waals surface area contributed by atoms with Crippen molar-refractivity contribution in [2.75, 3.05) is 13.1 Å². The Balaban J connectivity index is 2.96. The van der Waals surface area contributed by atoms with E-state index in [0.29, 0.717) is 12.6 Å². The third-order valence-electron chi connectivity index (χ3n) is 1.71. The van der Waals surface area contributed by atoms with Gasteiger partial charge in [0.15, 0.2) is 0 Å². The molecule has 78 valence electrons. The summed E-state index contributed by atoms with van der Waals surface area (Å²) in [6.45, 7) is 6.01. The molecule has 0 saturated heterocycles. The fraction of sp³-hybridized carbons (Fsp3) is 0.889. The summed E-state index contributed by atoms with van der Waals surface area (Å²) in [5, 5.41) is 5.90. The molecule has 4 heteroatoms. The van der Waals surface area contributed by atoms with Crippen LogP contribution >= 0.6 is 0 Å². The van der Waals surface area contributed by atoms with Crippen LogP contribution in [0.2, 0.25) is 0 Å². The summed E-state index contributed by atoms with van der Waals surface area (Å²) in [5.41, 5.74) is 4.91. The Labute approximate surface area is 80.3 Å². The molecule has 0 fully saturated rings. The van der Waals surface area contributed by atoms with E-state index in [9.17, 15) is 4.79 Å². The minimum Gasteiger partial charge on any atom is -0.352 e. The molecule has 2 amide bonds. The number of rotatable bonds is 7. The van der Waals surface area contributed by atoms with E-state index in [1.807, 2.05) is 0 Å². The highest BCUT2D eigenvalue weighted by Crippen LogP contribution is 1.92. The maximum atomic E-state index is 10.3. The Morgan fingerprint density at radius 3 is 2.38 bits per heavy atom. The van der Waals surface area contributed by atoms with Gasteiger partial charge in [0.05, 0.1) is 0 Å². The SMILES string of the molecule is CC(C)NCCCCCNC(N)=O. The van der Waals surface area contributed by atoms with Crippen molar-refractivity contribution in [2.24, 2.45) is 5.73 Å². The molecule has 0 rings (SSSR count).